The molecule has 1 N–H and O–H groups in total. The van der Waals surface area contributed by atoms with Gasteiger partial charge in [0, 0.05) is 29.0 Å². The first-order chi connectivity index (χ1) is 10.1. The van der Waals surface area contributed by atoms with E-state index in [0.717, 1.165) is 10.2 Å². The third kappa shape index (κ3) is 2.56. The van der Waals surface area contributed by atoms with Gasteiger partial charge < -0.3 is 4.90 Å². The predicted molar refractivity (Wildman–Crippen MR) is 81.5 cm³/mol. The lowest BCUT2D eigenvalue weighted by Gasteiger charge is -2.17. The molecule has 7 heteroatoms. The van der Waals surface area contributed by atoms with Crippen molar-refractivity contribution in [2.45, 2.75) is 12.5 Å². The van der Waals surface area contributed by atoms with Crippen molar-refractivity contribution in [1.82, 2.24) is 9.55 Å². The standard InChI is InChI=1S/C14H12BrN3O3/c15-9-1-3-10(4-2-9)17-7-5-11(13(17)20)18-8-6-12(19)16-14(18)21/h1-4,6,8,11H,5,7H2,(H,16,19,21). The summed E-state index contributed by atoms with van der Waals surface area (Å²) >= 11 is 3.35. The van der Waals surface area contributed by atoms with Crippen LogP contribution in [0.5, 0.6) is 0 Å². The molecule has 1 aliphatic rings. The van der Waals surface area contributed by atoms with Gasteiger partial charge in [-0.1, -0.05) is 15.9 Å². The van der Waals surface area contributed by atoms with Crippen LogP contribution in [-0.2, 0) is 4.79 Å². The fraction of sp³-hybridized carbons (Fsp3) is 0.214. The van der Waals surface area contributed by atoms with Gasteiger partial charge >= 0.3 is 5.69 Å². The number of anilines is 1. The molecule has 1 unspecified atom stereocenters. The molecule has 1 aromatic heterocycles. The SMILES string of the molecule is O=C1C(n2ccc(=O)[nH]c2=O)CCN1c1ccc(Br)cc1. The fourth-order valence-electron chi connectivity index (χ4n) is 2.47. The van der Waals surface area contributed by atoms with Crippen molar-refractivity contribution < 1.29 is 4.79 Å². The number of aromatic nitrogens is 2. The number of rotatable bonds is 2. The molecule has 0 spiro atoms. The Labute approximate surface area is 128 Å². The molecule has 3 rings (SSSR count). The lowest BCUT2D eigenvalue weighted by molar-refractivity contribution is -0.119. The molecule has 21 heavy (non-hydrogen) atoms. The van der Waals surface area contributed by atoms with Crippen molar-refractivity contribution in [3.05, 3.63) is 61.8 Å². The highest BCUT2D eigenvalue weighted by atomic mass is 79.9. The molecule has 1 fully saturated rings. The van der Waals surface area contributed by atoms with Gasteiger partial charge in [0.05, 0.1) is 0 Å². The van der Waals surface area contributed by atoms with Crippen LogP contribution < -0.4 is 16.1 Å². The molecule has 108 valence electrons. The van der Waals surface area contributed by atoms with Crippen molar-refractivity contribution >= 4 is 27.5 Å². The highest BCUT2D eigenvalue weighted by Crippen LogP contribution is 2.28. The quantitative estimate of drug-likeness (QED) is 0.887. The molecule has 1 aliphatic heterocycles. The highest BCUT2D eigenvalue weighted by Gasteiger charge is 2.34. The second-order valence-electron chi connectivity index (χ2n) is 4.79. The summed E-state index contributed by atoms with van der Waals surface area (Å²) in [4.78, 5) is 39.2. The Morgan fingerprint density at radius 1 is 1.10 bits per heavy atom. The monoisotopic (exact) mass is 349 g/mol. The number of nitrogens with one attached hydrogen (secondary N) is 1. The van der Waals surface area contributed by atoms with Gasteiger partial charge in [-0.2, -0.15) is 0 Å². The second-order valence-corrected chi connectivity index (χ2v) is 5.70. The molecule has 1 saturated heterocycles. The molecule has 2 heterocycles. The van der Waals surface area contributed by atoms with Gasteiger partial charge in [0.2, 0.25) is 5.91 Å². The number of hydrogen-bond acceptors (Lipinski definition) is 3. The molecule has 2 aromatic rings. The van der Waals surface area contributed by atoms with Crippen molar-refractivity contribution in [3.63, 3.8) is 0 Å². The first-order valence-corrected chi connectivity index (χ1v) is 7.24. The van der Waals surface area contributed by atoms with Crippen molar-refractivity contribution in [3.8, 4) is 0 Å². The van der Waals surface area contributed by atoms with Crippen molar-refractivity contribution in [2.24, 2.45) is 0 Å². The van der Waals surface area contributed by atoms with Gasteiger partial charge in [0.1, 0.15) is 6.04 Å². The molecule has 1 aromatic carbocycles. The second kappa shape index (κ2) is 5.33. The highest BCUT2D eigenvalue weighted by molar-refractivity contribution is 9.10. The predicted octanol–water partition coefficient (Wildman–Crippen LogP) is 1.28. The minimum absolute atomic E-state index is 0.147. The molecule has 0 aliphatic carbocycles. The van der Waals surface area contributed by atoms with Crippen LogP contribution in [0.3, 0.4) is 0 Å². The van der Waals surface area contributed by atoms with Crippen LogP contribution in [0, 0.1) is 0 Å². The smallest absolute Gasteiger partial charge is 0.311 e. The molecule has 0 saturated carbocycles. The van der Waals surface area contributed by atoms with Gasteiger partial charge in [-0.25, -0.2) is 4.79 Å². The number of carbonyl (C=O) groups is 1. The minimum Gasteiger partial charge on any atom is -0.311 e. The third-order valence-electron chi connectivity index (χ3n) is 3.50. The molecule has 1 amide bonds. The van der Waals surface area contributed by atoms with Crippen LogP contribution in [0.1, 0.15) is 12.5 Å². The van der Waals surface area contributed by atoms with Crippen LogP contribution in [0.25, 0.3) is 0 Å². The van der Waals surface area contributed by atoms with E-state index in [-0.39, 0.29) is 5.91 Å². The lowest BCUT2D eigenvalue weighted by atomic mass is 10.2. The largest absolute Gasteiger partial charge is 0.329 e. The van der Waals surface area contributed by atoms with Crippen LogP contribution in [0.4, 0.5) is 5.69 Å². The van der Waals surface area contributed by atoms with E-state index in [9.17, 15) is 14.4 Å². The number of carbonyl (C=O) groups excluding carboxylic acids is 1. The maximum atomic E-state index is 12.5. The summed E-state index contributed by atoms with van der Waals surface area (Å²) in [5.74, 6) is -0.147. The van der Waals surface area contributed by atoms with E-state index in [1.54, 1.807) is 4.90 Å². The summed E-state index contributed by atoms with van der Waals surface area (Å²) < 4.78 is 2.22. The Morgan fingerprint density at radius 2 is 1.81 bits per heavy atom. The van der Waals surface area contributed by atoms with E-state index in [4.69, 9.17) is 0 Å². The van der Waals surface area contributed by atoms with Crippen LogP contribution in [0.2, 0.25) is 0 Å². The van der Waals surface area contributed by atoms with Crippen LogP contribution >= 0.6 is 15.9 Å². The van der Waals surface area contributed by atoms with Gasteiger partial charge in [0.15, 0.2) is 0 Å². The molecule has 0 radical (unpaired) electrons. The van der Waals surface area contributed by atoms with Gasteiger partial charge in [-0.05, 0) is 30.7 Å². The summed E-state index contributed by atoms with van der Waals surface area (Å²) in [6, 6.07) is 8.10. The Morgan fingerprint density at radius 3 is 2.48 bits per heavy atom. The summed E-state index contributed by atoms with van der Waals surface area (Å²) in [7, 11) is 0. The first kappa shape index (κ1) is 13.8. The molecular weight excluding hydrogens is 338 g/mol. The van der Waals surface area contributed by atoms with E-state index in [1.807, 2.05) is 24.3 Å². The number of nitrogens with zero attached hydrogens (tertiary/aromatic N) is 2. The summed E-state index contributed by atoms with van der Waals surface area (Å²) in [6.07, 6.45) is 1.90. The fourth-order valence-corrected chi connectivity index (χ4v) is 2.74. The number of hydrogen-bond donors (Lipinski definition) is 1. The van der Waals surface area contributed by atoms with E-state index in [2.05, 4.69) is 20.9 Å². The van der Waals surface area contributed by atoms with Gasteiger partial charge in [-0.3, -0.25) is 19.1 Å². The zero-order valence-electron chi connectivity index (χ0n) is 11.0. The average molecular weight is 350 g/mol. The molecule has 0 bridgehead atoms. The van der Waals surface area contributed by atoms with E-state index >= 15 is 0 Å². The zero-order chi connectivity index (χ0) is 15.0. The van der Waals surface area contributed by atoms with E-state index in [0.29, 0.717) is 13.0 Å². The minimum atomic E-state index is -0.571. The normalized spacial score (nSPS) is 18.2. The maximum Gasteiger partial charge on any atom is 0.329 e. The average Bonchev–Trinajstić information content (AvgIpc) is 2.82. The Bertz CT molecular complexity index is 794. The Kier molecular flexibility index (Phi) is 3.50. The summed E-state index contributed by atoms with van der Waals surface area (Å²) in [5, 5.41) is 0. The number of H-pyrrole nitrogens is 1. The van der Waals surface area contributed by atoms with Crippen LogP contribution in [-0.4, -0.2) is 22.0 Å². The number of benzene rings is 1. The van der Waals surface area contributed by atoms with E-state index in [1.165, 1.54) is 16.8 Å². The van der Waals surface area contributed by atoms with Gasteiger partial charge in [-0.15, -0.1) is 0 Å². The first-order valence-electron chi connectivity index (χ1n) is 6.45. The lowest BCUT2D eigenvalue weighted by Crippen LogP contribution is -2.35. The number of halogens is 1. The maximum absolute atomic E-state index is 12.5. The zero-order valence-corrected chi connectivity index (χ0v) is 12.5. The van der Waals surface area contributed by atoms with Crippen LogP contribution in [0.15, 0.2) is 50.6 Å². The third-order valence-corrected chi connectivity index (χ3v) is 4.03. The Hall–Kier alpha value is -2.15. The number of aromatic amines is 1. The molecule has 6 nitrogen and oxygen atoms in total. The van der Waals surface area contributed by atoms with E-state index < -0.39 is 17.3 Å². The summed E-state index contributed by atoms with van der Waals surface area (Å²) in [6.45, 7) is 0.538. The molecule has 1 atom stereocenters. The summed E-state index contributed by atoms with van der Waals surface area (Å²) in [5.41, 5.74) is -0.229. The van der Waals surface area contributed by atoms with Gasteiger partial charge in [0.25, 0.3) is 5.56 Å². The van der Waals surface area contributed by atoms with Crippen molar-refractivity contribution in [2.75, 3.05) is 11.4 Å². The van der Waals surface area contributed by atoms with Crippen molar-refractivity contribution in [1.29, 1.82) is 0 Å². The topological polar surface area (TPSA) is 75.2 Å². The number of amides is 1. The Balaban J connectivity index is 1.91. The molecular formula is C14H12BrN3O3.